The van der Waals surface area contributed by atoms with Crippen molar-refractivity contribution in [1.29, 1.82) is 0 Å². The molecule has 0 aliphatic rings. The molecule has 1 amide bonds. The zero-order chi connectivity index (χ0) is 19.1. The summed E-state index contributed by atoms with van der Waals surface area (Å²) in [6, 6.07) is 7.13. The van der Waals surface area contributed by atoms with Gasteiger partial charge in [-0.15, -0.1) is 0 Å². The lowest BCUT2D eigenvalue weighted by Gasteiger charge is -2.11. The van der Waals surface area contributed by atoms with Crippen LogP contribution < -0.4 is 10.6 Å². The van der Waals surface area contributed by atoms with Crippen LogP contribution in [0.5, 0.6) is 0 Å². The standard InChI is InChI=1S/C19H26N4O3/c1-5-6-11-20-16-10-8-7-9-15(16)19(25)26-12-17(24)21-18-13(2)22-23(4)14(18)3/h7-10,20H,5-6,11-12H2,1-4H3,(H,21,24). The van der Waals surface area contributed by atoms with E-state index in [9.17, 15) is 9.59 Å². The van der Waals surface area contributed by atoms with E-state index in [-0.39, 0.29) is 6.61 Å². The van der Waals surface area contributed by atoms with Gasteiger partial charge in [-0.3, -0.25) is 9.48 Å². The molecular weight excluding hydrogens is 332 g/mol. The summed E-state index contributed by atoms with van der Waals surface area (Å²) in [4.78, 5) is 24.5. The molecular formula is C19H26N4O3. The average molecular weight is 358 g/mol. The molecule has 1 heterocycles. The van der Waals surface area contributed by atoms with E-state index in [0.29, 0.717) is 16.9 Å². The van der Waals surface area contributed by atoms with E-state index in [1.165, 1.54) is 0 Å². The molecule has 0 atom stereocenters. The van der Waals surface area contributed by atoms with E-state index in [1.807, 2.05) is 26.0 Å². The Bertz CT molecular complexity index is 783. The van der Waals surface area contributed by atoms with Crippen LogP contribution in [0, 0.1) is 13.8 Å². The molecule has 0 radical (unpaired) electrons. The number of carbonyl (C=O) groups is 2. The number of carbonyl (C=O) groups excluding carboxylic acids is 2. The predicted octanol–water partition coefficient (Wildman–Crippen LogP) is 3.04. The maximum absolute atomic E-state index is 12.3. The molecule has 2 rings (SSSR count). The Hall–Kier alpha value is -2.83. The van der Waals surface area contributed by atoms with Crippen LogP contribution in [-0.2, 0) is 16.6 Å². The summed E-state index contributed by atoms with van der Waals surface area (Å²) >= 11 is 0. The molecule has 26 heavy (non-hydrogen) atoms. The summed E-state index contributed by atoms with van der Waals surface area (Å²) in [5.41, 5.74) is 3.34. The van der Waals surface area contributed by atoms with Crippen molar-refractivity contribution < 1.29 is 14.3 Å². The van der Waals surface area contributed by atoms with E-state index in [2.05, 4.69) is 22.7 Å². The number of rotatable bonds is 8. The largest absolute Gasteiger partial charge is 0.452 e. The first-order valence-corrected chi connectivity index (χ1v) is 8.74. The summed E-state index contributed by atoms with van der Waals surface area (Å²) in [5.74, 6) is -0.923. The molecule has 0 saturated carbocycles. The minimum absolute atomic E-state index is 0.351. The molecule has 1 aromatic heterocycles. The Morgan fingerprint density at radius 2 is 1.96 bits per heavy atom. The second-order valence-electron chi connectivity index (χ2n) is 6.12. The third-order valence-corrected chi connectivity index (χ3v) is 4.10. The maximum atomic E-state index is 12.3. The van der Waals surface area contributed by atoms with Crippen LogP contribution in [0.1, 0.15) is 41.5 Å². The number of anilines is 2. The molecule has 0 aliphatic heterocycles. The van der Waals surface area contributed by atoms with Crippen molar-refractivity contribution >= 4 is 23.3 Å². The van der Waals surface area contributed by atoms with Crippen molar-refractivity contribution in [2.75, 3.05) is 23.8 Å². The zero-order valence-corrected chi connectivity index (χ0v) is 15.8. The number of benzene rings is 1. The summed E-state index contributed by atoms with van der Waals surface area (Å²) in [6.45, 7) is 6.20. The van der Waals surface area contributed by atoms with Crippen molar-refractivity contribution in [2.45, 2.75) is 33.6 Å². The highest BCUT2D eigenvalue weighted by molar-refractivity contribution is 5.98. The number of aromatic nitrogens is 2. The van der Waals surface area contributed by atoms with E-state index in [4.69, 9.17) is 4.74 Å². The number of esters is 1. The van der Waals surface area contributed by atoms with Crippen molar-refractivity contribution in [3.63, 3.8) is 0 Å². The molecule has 0 spiro atoms. The van der Waals surface area contributed by atoms with Crippen LogP contribution >= 0.6 is 0 Å². The minimum Gasteiger partial charge on any atom is -0.452 e. The highest BCUT2D eigenvalue weighted by atomic mass is 16.5. The van der Waals surface area contributed by atoms with Gasteiger partial charge in [0, 0.05) is 19.3 Å². The molecule has 0 unspecified atom stereocenters. The Kier molecular flexibility index (Phi) is 6.77. The second-order valence-corrected chi connectivity index (χ2v) is 6.12. The lowest BCUT2D eigenvalue weighted by molar-refractivity contribution is -0.119. The van der Waals surface area contributed by atoms with Crippen LogP contribution in [0.2, 0.25) is 0 Å². The first-order chi connectivity index (χ1) is 12.4. The molecule has 1 aromatic carbocycles. The first-order valence-electron chi connectivity index (χ1n) is 8.74. The fourth-order valence-corrected chi connectivity index (χ4v) is 2.55. The number of aryl methyl sites for hydroxylation is 2. The Balaban J connectivity index is 1.95. The molecule has 7 heteroatoms. The summed E-state index contributed by atoms with van der Waals surface area (Å²) < 4.78 is 6.87. The molecule has 0 bridgehead atoms. The number of nitrogens with zero attached hydrogens (tertiary/aromatic N) is 2. The number of amides is 1. The van der Waals surface area contributed by atoms with Crippen LogP contribution in [0.15, 0.2) is 24.3 Å². The van der Waals surface area contributed by atoms with Gasteiger partial charge in [-0.1, -0.05) is 25.5 Å². The van der Waals surface area contributed by atoms with Crippen LogP contribution in [0.3, 0.4) is 0 Å². The van der Waals surface area contributed by atoms with Crippen molar-refractivity contribution in [2.24, 2.45) is 7.05 Å². The van der Waals surface area contributed by atoms with Gasteiger partial charge in [-0.05, 0) is 32.4 Å². The van der Waals surface area contributed by atoms with Crippen LogP contribution in [-0.4, -0.2) is 34.8 Å². The Morgan fingerprint density at radius 1 is 1.23 bits per heavy atom. The zero-order valence-electron chi connectivity index (χ0n) is 15.8. The second kappa shape index (κ2) is 9.03. The van der Waals surface area contributed by atoms with Gasteiger partial charge >= 0.3 is 5.97 Å². The average Bonchev–Trinajstić information content (AvgIpc) is 2.86. The van der Waals surface area contributed by atoms with Gasteiger partial charge in [0.25, 0.3) is 5.91 Å². The fraction of sp³-hybridized carbons (Fsp3) is 0.421. The third-order valence-electron chi connectivity index (χ3n) is 4.10. The molecule has 2 N–H and O–H groups in total. The Morgan fingerprint density at radius 3 is 2.62 bits per heavy atom. The maximum Gasteiger partial charge on any atom is 0.340 e. The minimum atomic E-state index is -0.528. The molecule has 140 valence electrons. The molecule has 7 nitrogen and oxygen atoms in total. The Labute approximate surface area is 153 Å². The van der Waals surface area contributed by atoms with Gasteiger partial charge in [0.1, 0.15) is 0 Å². The van der Waals surface area contributed by atoms with Crippen LogP contribution in [0.25, 0.3) is 0 Å². The molecule has 0 saturated heterocycles. The molecule has 0 fully saturated rings. The van der Waals surface area contributed by atoms with Gasteiger partial charge in [-0.25, -0.2) is 4.79 Å². The van der Waals surface area contributed by atoms with Gasteiger partial charge in [0.2, 0.25) is 0 Å². The highest BCUT2D eigenvalue weighted by Gasteiger charge is 2.16. The third kappa shape index (κ3) is 4.84. The number of hydrogen-bond donors (Lipinski definition) is 2. The summed E-state index contributed by atoms with van der Waals surface area (Å²) in [6.07, 6.45) is 2.07. The van der Waals surface area contributed by atoms with Crippen LogP contribution in [0.4, 0.5) is 11.4 Å². The van der Waals surface area contributed by atoms with E-state index in [1.54, 1.807) is 23.9 Å². The van der Waals surface area contributed by atoms with Gasteiger partial charge in [0.15, 0.2) is 6.61 Å². The normalized spacial score (nSPS) is 10.5. The highest BCUT2D eigenvalue weighted by Crippen LogP contribution is 2.19. The van der Waals surface area contributed by atoms with Gasteiger partial charge < -0.3 is 15.4 Å². The number of para-hydroxylation sites is 1. The SMILES string of the molecule is CCCCNc1ccccc1C(=O)OCC(=O)Nc1c(C)nn(C)c1C. The molecule has 2 aromatic rings. The van der Waals surface area contributed by atoms with E-state index >= 15 is 0 Å². The van der Waals surface area contributed by atoms with E-state index in [0.717, 1.165) is 30.8 Å². The summed E-state index contributed by atoms with van der Waals surface area (Å²) in [7, 11) is 1.81. The monoisotopic (exact) mass is 358 g/mol. The van der Waals surface area contributed by atoms with Crippen molar-refractivity contribution in [1.82, 2.24) is 9.78 Å². The number of ether oxygens (including phenoxy) is 1. The predicted molar refractivity (Wildman–Crippen MR) is 101 cm³/mol. The number of hydrogen-bond acceptors (Lipinski definition) is 5. The fourth-order valence-electron chi connectivity index (χ4n) is 2.55. The van der Waals surface area contributed by atoms with E-state index < -0.39 is 11.9 Å². The molecule has 0 aliphatic carbocycles. The summed E-state index contributed by atoms with van der Waals surface area (Å²) in [5, 5.41) is 10.2. The topological polar surface area (TPSA) is 85.2 Å². The lowest BCUT2D eigenvalue weighted by Crippen LogP contribution is -2.22. The van der Waals surface area contributed by atoms with Gasteiger partial charge in [-0.2, -0.15) is 5.10 Å². The number of nitrogens with one attached hydrogen (secondary N) is 2. The smallest absolute Gasteiger partial charge is 0.340 e. The lowest BCUT2D eigenvalue weighted by atomic mass is 10.1. The van der Waals surface area contributed by atoms with Gasteiger partial charge in [0.05, 0.1) is 22.6 Å². The van der Waals surface area contributed by atoms with Crippen molar-refractivity contribution in [3.05, 3.63) is 41.2 Å². The quantitative estimate of drug-likeness (QED) is 0.560. The number of unbranched alkanes of at least 4 members (excludes halogenated alkanes) is 1. The van der Waals surface area contributed by atoms with Crippen molar-refractivity contribution in [3.8, 4) is 0 Å². The first kappa shape index (κ1) is 19.5.